The summed E-state index contributed by atoms with van der Waals surface area (Å²) < 4.78 is 75.5. The van der Waals surface area contributed by atoms with Crippen LogP contribution in [-0.2, 0) is 25.7 Å². The molecule has 0 bridgehead atoms. The number of aromatic nitrogens is 3. The molecule has 17 heteroatoms. The summed E-state index contributed by atoms with van der Waals surface area (Å²) in [6.07, 6.45) is -2.78. The molecule has 2 aromatic rings. The fourth-order valence-electron chi connectivity index (χ4n) is 3.95. The Labute approximate surface area is 230 Å². The van der Waals surface area contributed by atoms with Crippen LogP contribution in [0.5, 0.6) is 0 Å². The lowest BCUT2D eigenvalue weighted by Gasteiger charge is -2.51. The topological polar surface area (TPSA) is 138 Å². The summed E-state index contributed by atoms with van der Waals surface area (Å²) in [4.78, 5) is 34.8. The lowest BCUT2D eigenvalue weighted by Crippen LogP contribution is -2.65. The highest BCUT2D eigenvalue weighted by atomic mass is 19.4. The van der Waals surface area contributed by atoms with Crippen molar-refractivity contribution in [3.8, 4) is 0 Å². The van der Waals surface area contributed by atoms with Crippen LogP contribution in [0.3, 0.4) is 0 Å². The van der Waals surface area contributed by atoms with Crippen LogP contribution in [0, 0.1) is 5.92 Å². The number of rotatable bonds is 7. The lowest BCUT2D eigenvalue weighted by molar-refractivity contribution is -0.193. The molecule has 0 amide bonds. The van der Waals surface area contributed by atoms with E-state index >= 15 is 0 Å². The van der Waals surface area contributed by atoms with Gasteiger partial charge >= 0.3 is 24.3 Å². The molecule has 228 valence electrons. The zero-order valence-electron chi connectivity index (χ0n) is 22.0. The van der Waals surface area contributed by atoms with Crippen LogP contribution in [-0.4, -0.2) is 95.5 Å². The van der Waals surface area contributed by atoms with Gasteiger partial charge in [-0.05, 0) is 36.5 Å². The van der Waals surface area contributed by atoms with E-state index in [1.165, 1.54) is 0 Å². The summed E-state index contributed by atoms with van der Waals surface area (Å²) in [5, 5.41) is 14.2. The molecule has 11 nitrogen and oxygen atoms in total. The molecule has 2 fully saturated rings. The first-order valence-electron chi connectivity index (χ1n) is 12.0. The summed E-state index contributed by atoms with van der Waals surface area (Å²) >= 11 is 0. The number of nitrogens with zero attached hydrogens (tertiary/aromatic N) is 5. The Balaban J connectivity index is 0.000000349. The third-order valence-electron chi connectivity index (χ3n) is 6.05. The van der Waals surface area contributed by atoms with Crippen molar-refractivity contribution in [2.24, 2.45) is 5.92 Å². The minimum Gasteiger partial charge on any atom is -0.475 e. The average Bonchev–Trinajstić information content (AvgIpc) is 3.30. The van der Waals surface area contributed by atoms with Gasteiger partial charge in [-0.15, -0.1) is 0 Å². The molecule has 0 saturated carbocycles. The van der Waals surface area contributed by atoms with Gasteiger partial charge in [-0.3, -0.25) is 4.98 Å². The van der Waals surface area contributed by atoms with E-state index < -0.39 is 24.3 Å². The molecule has 0 radical (unpaired) electrons. The lowest BCUT2D eigenvalue weighted by atomic mass is 9.79. The molecule has 41 heavy (non-hydrogen) atoms. The molecule has 2 aromatic heterocycles. The van der Waals surface area contributed by atoms with E-state index in [9.17, 15) is 26.3 Å². The SMILES string of the molecule is CN(C)c1cc(N2CC3(C2)OCCC3CCOCc2ccncc2)ncn1.O=C(O)C(F)(F)F.O=C(O)C(F)(F)F. The van der Waals surface area contributed by atoms with Crippen LogP contribution in [0.25, 0.3) is 0 Å². The van der Waals surface area contributed by atoms with E-state index in [0.29, 0.717) is 12.5 Å². The van der Waals surface area contributed by atoms with Gasteiger partial charge in [0.2, 0.25) is 0 Å². The van der Waals surface area contributed by atoms with E-state index in [-0.39, 0.29) is 5.60 Å². The fourth-order valence-corrected chi connectivity index (χ4v) is 3.95. The summed E-state index contributed by atoms with van der Waals surface area (Å²) in [6, 6.07) is 6.02. The van der Waals surface area contributed by atoms with Crippen LogP contribution in [0.1, 0.15) is 18.4 Å². The normalized spacial score (nSPS) is 17.5. The van der Waals surface area contributed by atoms with E-state index in [0.717, 1.165) is 56.3 Å². The number of hydrogen-bond acceptors (Lipinski definition) is 9. The number of carboxylic acid groups (broad SMARTS) is 2. The second-order valence-electron chi connectivity index (χ2n) is 9.19. The van der Waals surface area contributed by atoms with Crippen molar-refractivity contribution in [3.63, 3.8) is 0 Å². The largest absolute Gasteiger partial charge is 0.490 e. The standard InChI is InChI=1S/C20H27N5O2.2C2HF3O2/c1-24(2)18-11-19(23-15-22-18)25-13-20(14-25)17(6-10-27-20)5-9-26-12-16-3-7-21-8-4-16;2*3-2(4,5)1(6)7/h3-4,7-8,11,15,17H,5-6,9-10,12-14H2,1-2H3;2*(H,6,7). The molecule has 4 rings (SSSR count). The molecule has 2 aliphatic heterocycles. The van der Waals surface area contributed by atoms with Gasteiger partial charge in [-0.1, -0.05) is 0 Å². The van der Waals surface area contributed by atoms with Gasteiger partial charge in [-0.25, -0.2) is 19.6 Å². The molecule has 0 aliphatic carbocycles. The highest BCUT2D eigenvalue weighted by Gasteiger charge is 2.53. The summed E-state index contributed by atoms with van der Waals surface area (Å²) in [7, 11) is 3.98. The number of carboxylic acids is 2. The minimum atomic E-state index is -5.08. The number of alkyl halides is 6. The highest BCUT2D eigenvalue weighted by Crippen LogP contribution is 2.43. The predicted molar refractivity (Wildman–Crippen MR) is 131 cm³/mol. The molecular weight excluding hydrogens is 568 g/mol. The maximum Gasteiger partial charge on any atom is 0.490 e. The van der Waals surface area contributed by atoms with Crippen molar-refractivity contribution < 1.29 is 55.6 Å². The highest BCUT2D eigenvalue weighted by molar-refractivity contribution is 5.73. The third-order valence-corrected chi connectivity index (χ3v) is 6.05. The van der Waals surface area contributed by atoms with Gasteiger partial charge < -0.3 is 29.5 Å². The second-order valence-corrected chi connectivity index (χ2v) is 9.19. The number of aliphatic carboxylic acids is 2. The van der Waals surface area contributed by atoms with Gasteiger partial charge in [0.1, 0.15) is 23.6 Å². The van der Waals surface area contributed by atoms with Crippen molar-refractivity contribution >= 4 is 23.6 Å². The van der Waals surface area contributed by atoms with Gasteiger partial charge in [0, 0.05) is 45.8 Å². The molecule has 4 heterocycles. The van der Waals surface area contributed by atoms with Gasteiger partial charge in [-0.2, -0.15) is 26.3 Å². The summed E-state index contributed by atoms with van der Waals surface area (Å²) in [5.74, 6) is -3.07. The Morgan fingerprint density at radius 3 is 2.15 bits per heavy atom. The zero-order valence-corrected chi connectivity index (χ0v) is 22.0. The Bertz CT molecular complexity index is 1110. The Morgan fingerprint density at radius 2 is 1.63 bits per heavy atom. The average molecular weight is 598 g/mol. The predicted octanol–water partition coefficient (Wildman–Crippen LogP) is 3.41. The first-order valence-corrected chi connectivity index (χ1v) is 12.0. The molecule has 1 spiro atoms. The third kappa shape index (κ3) is 10.3. The van der Waals surface area contributed by atoms with E-state index in [1.807, 2.05) is 37.2 Å². The number of ether oxygens (including phenoxy) is 2. The van der Waals surface area contributed by atoms with E-state index in [1.54, 1.807) is 18.7 Å². The van der Waals surface area contributed by atoms with Gasteiger partial charge in [0.05, 0.1) is 19.7 Å². The first-order chi connectivity index (χ1) is 19.0. The molecule has 1 atom stereocenters. The van der Waals surface area contributed by atoms with Gasteiger partial charge in [0.25, 0.3) is 0 Å². The maximum absolute atomic E-state index is 10.6. The number of hydrogen-bond donors (Lipinski definition) is 2. The second kappa shape index (κ2) is 14.2. The number of carbonyl (C=O) groups is 2. The van der Waals surface area contributed by atoms with E-state index in [4.69, 9.17) is 29.3 Å². The monoisotopic (exact) mass is 597 g/mol. The van der Waals surface area contributed by atoms with Gasteiger partial charge in [0.15, 0.2) is 0 Å². The van der Waals surface area contributed by atoms with Crippen molar-refractivity contribution in [1.29, 1.82) is 0 Å². The smallest absolute Gasteiger partial charge is 0.475 e. The van der Waals surface area contributed by atoms with Crippen LogP contribution >= 0.6 is 0 Å². The molecule has 1 unspecified atom stereocenters. The minimum absolute atomic E-state index is 0.0384. The van der Waals surface area contributed by atoms with Crippen LogP contribution in [0.4, 0.5) is 38.0 Å². The number of pyridine rings is 1. The molecule has 0 aromatic carbocycles. The van der Waals surface area contributed by atoms with Crippen LogP contribution < -0.4 is 9.80 Å². The van der Waals surface area contributed by atoms with Crippen molar-refractivity contribution in [3.05, 3.63) is 42.5 Å². The maximum atomic E-state index is 10.6. The molecular formula is C24H29F6N5O6. The summed E-state index contributed by atoms with van der Waals surface area (Å²) in [6.45, 7) is 4.03. The molecule has 2 aliphatic rings. The van der Waals surface area contributed by atoms with Crippen molar-refractivity contribution in [1.82, 2.24) is 15.0 Å². The Hall–Kier alpha value is -3.73. The Kier molecular flexibility index (Phi) is 11.6. The first kappa shape index (κ1) is 33.5. The van der Waals surface area contributed by atoms with Crippen LogP contribution in [0.2, 0.25) is 0 Å². The van der Waals surface area contributed by atoms with Crippen LogP contribution in [0.15, 0.2) is 36.9 Å². The molecule has 2 saturated heterocycles. The fraction of sp³-hybridized carbons (Fsp3) is 0.542. The zero-order chi connectivity index (χ0) is 30.8. The molecule has 2 N–H and O–H groups in total. The van der Waals surface area contributed by atoms with Crippen molar-refractivity contribution in [2.75, 3.05) is 50.2 Å². The van der Waals surface area contributed by atoms with E-state index in [2.05, 4.69) is 19.9 Å². The number of halogens is 6. The Morgan fingerprint density at radius 1 is 1.07 bits per heavy atom. The van der Waals surface area contributed by atoms with Crippen molar-refractivity contribution in [2.45, 2.75) is 37.4 Å². The number of anilines is 2. The summed E-state index contributed by atoms with van der Waals surface area (Å²) in [5.41, 5.74) is 1.13. The quantitative estimate of drug-likeness (QED) is 0.359.